The summed E-state index contributed by atoms with van der Waals surface area (Å²) in [6, 6.07) is 13.7. The molecule has 3 aromatic rings. The number of primary amides is 1. The van der Waals surface area contributed by atoms with E-state index in [1.807, 2.05) is 19.1 Å². The summed E-state index contributed by atoms with van der Waals surface area (Å²) in [6.07, 6.45) is 2.16. The topological polar surface area (TPSA) is 90.0 Å². The Morgan fingerprint density at radius 3 is 2.54 bits per heavy atom. The van der Waals surface area contributed by atoms with Crippen LogP contribution in [0.2, 0.25) is 5.02 Å². The average Bonchev–Trinajstić information content (AvgIpc) is 3.06. The van der Waals surface area contributed by atoms with Crippen molar-refractivity contribution in [2.75, 3.05) is 5.32 Å². The van der Waals surface area contributed by atoms with Crippen LogP contribution < -0.4 is 11.1 Å². The van der Waals surface area contributed by atoms with E-state index in [4.69, 9.17) is 17.3 Å². The van der Waals surface area contributed by atoms with Gasteiger partial charge in [-0.1, -0.05) is 24.6 Å². The highest BCUT2D eigenvalue weighted by Crippen LogP contribution is 2.20. The molecular formula is C19H17ClN4O2. The largest absolute Gasteiger partial charge is 0.366 e. The Kier molecular flexibility index (Phi) is 5.04. The monoisotopic (exact) mass is 368 g/mol. The van der Waals surface area contributed by atoms with Gasteiger partial charge in [0.2, 0.25) is 5.91 Å². The molecule has 1 aromatic heterocycles. The van der Waals surface area contributed by atoms with Gasteiger partial charge in [0.05, 0.1) is 23.1 Å². The summed E-state index contributed by atoms with van der Waals surface area (Å²) in [7, 11) is 0. The minimum atomic E-state index is -0.515. The summed E-state index contributed by atoms with van der Waals surface area (Å²) in [4.78, 5) is 23.8. The first-order valence-corrected chi connectivity index (χ1v) is 8.41. The molecule has 0 saturated heterocycles. The predicted octanol–water partition coefficient (Wildman–Crippen LogP) is 3.44. The number of nitrogens with one attached hydrogen (secondary N) is 1. The molecule has 0 atom stereocenters. The molecule has 0 saturated carbocycles. The Morgan fingerprint density at radius 2 is 1.92 bits per heavy atom. The van der Waals surface area contributed by atoms with Gasteiger partial charge in [-0.25, -0.2) is 4.68 Å². The number of anilines is 1. The molecule has 6 nitrogen and oxygen atoms in total. The Morgan fingerprint density at radius 1 is 1.19 bits per heavy atom. The predicted molar refractivity (Wildman–Crippen MR) is 101 cm³/mol. The van der Waals surface area contributed by atoms with Gasteiger partial charge in [0, 0.05) is 16.3 Å². The van der Waals surface area contributed by atoms with Gasteiger partial charge in [-0.05, 0) is 48.9 Å². The highest BCUT2D eigenvalue weighted by Gasteiger charge is 2.17. The zero-order valence-corrected chi connectivity index (χ0v) is 14.8. The van der Waals surface area contributed by atoms with Gasteiger partial charge in [-0.15, -0.1) is 0 Å². The molecule has 0 bridgehead atoms. The van der Waals surface area contributed by atoms with Gasteiger partial charge in [0.1, 0.15) is 0 Å². The molecule has 3 N–H and O–H groups in total. The van der Waals surface area contributed by atoms with Crippen LogP contribution in [0.3, 0.4) is 0 Å². The van der Waals surface area contributed by atoms with Crippen LogP contribution in [0.15, 0.2) is 54.7 Å². The van der Waals surface area contributed by atoms with Gasteiger partial charge >= 0.3 is 0 Å². The third kappa shape index (κ3) is 3.60. The quantitative estimate of drug-likeness (QED) is 0.722. The van der Waals surface area contributed by atoms with Crippen molar-refractivity contribution in [2.24, 2.45) is 5.73 Å². The van der Waals surface area contributed by atoms with E-state index in [1.165, 1.54) is 6.20 Å². The van der Waals surface area contributed by atoms with E-state index in [0.29, 0.717) is 28.3 Å². The summed E-state index contributed by atoms with van der Waals surface area (Å²) in [5.74, 6) is -0.791. The SMILES string of the molecule is CCc1c(C(=O)Nc2ccc(C(N)=O)cc2)cnn1-c1cccc(Cl)c1. The van der Waals surface area contributed by atoms with Gasteiger partial charge < -0.3 is 11.1 Å². The number of aromatic nitrogens is 2. The van der Waals surface area contributed by atoms with Crippen LogP contribution in [0.1, 0.15) is 33.3 Å². The molecule has 26 heavy (non-hydrogen) atoms. The fraction of sp³-hybridized carbons (Fsp3) is 0.105. The van der Waals surface area contributed by atoms with Crippen molar-refractivity contribution in [3.05, 3.63) is 76.6 Å². The lowest BCUT2D eigenvalue weighted by atomic mass is 10.1. The highest BCUT2D eigenvalue weighted by atomic mass is 35.5. The van der Waals surface area contributed by atoms with Crippen LogP contribution in [-0.2, 0) is 6.42 Å². The number of nitrogens with zero attached hydrogens (tertiary/aromatic N) is 2. The van der Waals surface area contributed by atoms with E-state index < -0.39 is 5.91 Å². The van der Waals surface area contributed by atoms with Crippen LogP contribution >= 0.6 is 11.6 Å². The van der Waals surface area contributed by atoms with Crippen LogP contribution in [0.5, 0.6) is 0 Å². The number of hydrogen-bond acceptors (Lipinski definition) is 3. The molecule has 7 heteroatoms. The summed E-state index contributed by atoms with van der Waals surface area (Å²) in [5, 5.41) is 7.74. The van der Waals surface area contributed by atoms with Crippen molar-refractivity contribution in [3.63, 3.8) is 0 Å². The molecule has 0 aliphatic rings. The Hall–Kier alpha value is -3.12. The molecule has 0 spiro atoms. The second-order valence-electron chi connectivity index (χ2n) is 5.65. The minimum absolute atomic E-state index is 0.276. The maximum Gasteiger partial charge on any atom is 0.259 e. The molecule has 132 valence electrons. The number of halogens is 1. The smallest absolute Gasteiger partial charge is 0.259 e. The number of rotatable bonds is 5. The zero-order chi connectivity index (χ0) is 18.7. The molecule has 0 radical (unpaired) electrons. The normalized spacial score (nSPS) is 10.5. The van der Waals surface area contributed by atoms with Crippen LogP contribution in [-0.4, -0.2) is 21.6 Å². The summed E-state index contributed by atoms with van der Waals surface area (Å²) in [6.45, 7) is 1.95. The number of benzene rings is 2. The fourth-order valence-corrected chi connectivity index (χ4v) is 2.83. The van der Waals surface area contributed by atoms with Crippen molar-refractivity contribution in [1.82, 2.24) is 9.78 Å². The summed E-state index contributed by atoms with van der Waals surface area (Å²) < 4.78 is 1.71. The summed E-state index contributed by atoms with van der Waals surface area (Å²) >= 11 is 6.05. The molecule has 2 aromatic carbocycles. The van der Waals surface area contributed by atoms with E-state index in [-0.39, 0.29) is 5.91 Å². The van der Waals surface area contributed by atoms with Crippen molar-refractivity contribution in [1.29, 1.82) is 0 Å². The Balaban J connectivity index is 1.87. The second kappa shape index (κ2) is 7.41. The van der Waals surface area contributed by atoms with Gasteiger partial charge in [-0.3, -0.25) is 9.59 Å². The molecule has 0 aliphatic heterocycles. The molecule has 0 aliphatic carbocycles. The lowest BCUT2D eigenvalue weighted by Gasteiger charge is -2.09. The first-order chi connectivity index (χ1) is 12.5. The number of nitrogens with two attached hydrogens (primary N) is 1. The minimum Gasteiger partial charge on any atom is -0.366 e. The van der Waals surface area contributed by atoms with Crippen molar-refractivity contribution < 1.29 is 9.59 Å². The third-order valence-electron chi connectivity index (χ3n) is 3.93. The van der Waals surface area contributed by atoms with Gasteiger partial charge in [0.25, 0.3) is 5.91 Å². The molecule has 2 amide bonds. The highest BCUT2D eigenvalue weighted by molar-refractivity contribution is 6.30. The summed E-state index contributed by atoms with van der Waals surface area (Å²) in [5.41, 5.74) is 8.21. The van der Waals surface area contributed by atoms with Crippen molar-refractivity contribution >= 4 is 29.1 Å². The zero-order valence-electron chi connectivity index (χ0n) is 14.1. The number of carbonyl (C=O) groups excluding carboxylic acids is 2. The van der Waals surface area contributed by atoms with Crippen LogP contribution in [0, 0.1) is 0 Å². The second-order valence-corrected chi connectivity index (χ2v) is 6.08. The molecule has 1 heterocycles. The number of hydrogen-bond donors (Lipinski definition) is 2. The molecule has 0 fully saturated rings. The van der Waals surface area contributed by atoms with E-state index in [1.54, 1.807) is 41.1 Å². The Labute approximate surface area is 155 Å². The number of amides is 2. The maximum atomic E-state index is 12.6. The third-order valence-corrected chi connectivity index (χ3v) is 4.16. The average molecular weight is 369 g/mol. The first-order valence-electron chi connectivity index (χ1n) is 8.03. The number of carbonyl (C=O) groups is 2. The molecular weight excluding hydrogens is 352 g/mol. The van der Waals surface area contributed by atoms with Crippen LogP contribution in [0.25, 0.3) is 5.69 Å². The molecule has 3 rings (SSSR count). The van der Waals surface area contributed by atoms with E-state index in [2.05, 4.69) is 10.4 Å². The van der Waals surface area contributed by atoms with E-state index >= 15 is 0 Å². The van der Waals surface area contributed by atoms with Crippen LogP contribution in [0.4, 0.5) is 5.69 Å². The van der Waals surface area contributed by atoms with Crippen molar-refractivity contribution in [3.8, 4) is 5.69 Å². The van der Waals surface area contributed by atoms with Gasteiger partial charge in [0.15, 0.2) is 0 Å². The lowest BCUT2D eigenvalue weighted by molar-refractivity contribution is 0.0998. The standard InChI is InChI=1S/C19H17ClN4O2/c1-2-17-16(11-22-24(17)15-5-3-4-13(20)10-15)19(26)23-14-8-6-12(7-9-14)18(21)25/h3-11H,2H2,1H3,(H2,21,25)(H,23,26). The van der Waals surface area contributed by atoms with E-state index in [9.17, 15) is 9.59 Å². The maximum absolute atomic E-state index is 12.6. The fourth-order valence-electron chi connectivity index (χ4n) is 2.65. The van der Waals surface area contributed by atoms with E-state index in [0.717, 1.165) is 11.4 Å². The van der Waals surface area contributed by atoms with Gasteiger partial charge in [-0.2, -0.15) is 5.10 Å². The molecule has 0 unspecified atom stereocenters. The lowest BCUT2D eigenvalue weighted by Crippen LogP contribution is -2.15. The van der Waals surface area contributed by atoms with Crippen molar-refractivity contribution in [2.45, 2.75) is 13.3 Å². The first kappa shape index (κ1) is 17.7. The Bertz CT molecular complexity index is 964.